The van der Waals surface area contributed by atoms with Crippen LogP contribution in [0.1, 0.15) is 0 Å². The first-order valence-electron chi connectivity index (χ1n) is 2.62. The van der Waals surface area contributed by atoms with Crippen molar-refractivity contribution < 1.29 is 4.79 Å². The highest BCUT2D eigenvalue weighted by molar-refractivity contribution is 5.91. The van der Waals surface area contributed by atoms with Gasteiger partial charge in [-0.1, -0.05) is 6.08 Å². The largest absolute Gasteiger partial charge is 0.293 e. The lowest BCUT2D eigenvalue weighted by Gasteiger charge is -1.86. The first-order valence-corrected chi connectivity index (χ1v) is 2.62. The summed E-state index contributed by atoms with van der Waals surface area (Å²) in [4.78, 5) is 10.6. The van der Waals surface area contributed by atoms with Gasteiger partial charge >= 0.3 is 0 Å². The number of allylic oxidation sites excluding steroid dienone is 2. The number of carbonyl (C=O) groups excluding carboxylic acids is 1. The van der Waals surface area contributed by atoms with E-state index in [0.717, 1.165) is 0 Å². The predicted molar refractivity (Wildman–Crippen MR) is 33.0 cm³/mol. The van der Waals surface area contributed by atoms with E-state index >= 15 is 0 Å². The van der Waals surface area contributed by atoms with Crippen LogP contribution in [0.3, 0.4) is 0 Å². The van der Waals surface area contributed by atoms with Crippen LogP contribution in [0.2, 0.25) is 0 Å². The monoisotopic (exact) mass is 122 g/mol. The minimum absolute atomic E-state index is 0.0110. The molecule has 9 heavy (non-hydrogen) atoms. The molecule has 0 bridgehead atoms. The fourth-order valence-electron chi connectivity index (χ4n) is 0.461. The van der Waals surface area contributed by atoms with Gasteiger partial charge in [-0.05, 0) is 12.2 Å². The normalized spacial score (nSPS) is 24.7. The van der Waals surface area contributed by atoms with Crippen LogP contribution in [-0.4, -0.2) is 12.3 Å². The SMILES string of the molecule is O=C1/C=C\C=C/N=NC1. The van der Waals surface area contributed by atoms with E-state index in [4.69, 9.17) is 0 Å². The minimum atomic E-state index is -0.0110. The van der Waals surface area contributed by atoms with E-state index in [1.54, 1.807) is 18.4 Å². The van der Waals surface area contributed by atoms with E-state index in [2.05, 4.69) is 10.2 Å². The van der Waals surface area contributed by atoms with Crippen LogP contribution in [0.15, 0.2) is 34.7 Å². The Bertz CT molecular complexity index is 191. The number of rotatable bonds is 0. The third kappa shape index (κ3) is 1.99. The molecule has 3 heteroatoms. The Kier molecular flexibility index (Phi) is 1.90. The van der Waals surface area contributed by atoms with E-state index in [1.807, 2.05) is 0 Å². The van der Waals surface area contributed by atoms with Gasteiger partial charge in [0.2, 0.25) is 0 Å². The highest BCUT2D eigenvalue weighted by Crippen LogP contribution is 1.88. The fraction of sp³-hybridized carbons (Fsp3) is 0.167. The zero-order valence-electron chi connectivity index (χ0n) is 4.82. The predicted octanol–water partition coefficient (Wildman–Crippen LogP) is 1.09. The van der Waals surface area contributed by atoms with Gasteiger partial charge in [0.15, 0.2) is 5.78 Å². The smallest absolute Gasteiger partial charge is 0.178 e. The zero-order chi connectivity index (χ0) is 6.53. The molecule has 1 heterocycles. The Morgan fingerprint density at radius 1 is 1.44 bits per heavy atom. The van der Waals surface area contributed by atoms with Crippen molar-refractivity contribution in [3.8, 4) is 0 Å². The lowest BCUT2D eigenvalue weighted by atomic mass is 10.3. The number of ketones is 1. The van der Waals surface area contributed by atoms with Crippen molar-refractivity contribution in [2.75, 3.05) is 6.54 Å². The maximum atomic E-state index is 10.6. The molecule has 0 fully saturated rings. The molecule has 0 aromatic heterocycles. The second kappa shape index (κ2) is 2.91. The summed E-state index contributed by atoms with van der Waals surface area (Å²) >= 11 is 0. The molecule has 0 N–H and O–H groups in total. The van der Waals surface area contributed by atoms with E-state index in [1.165, 1.54) is 6.08 Å². The van der Waals surface area contributed by atoms with Crippen molar-refractivity contribution >= 4 is 5.78 Å². The number of carbonyl (C=O) groups is 1. The highest BCUT2D eigenvalue weighted by atomic mass is 16.1. The molecule has 1 aliphatic heterocycles. The molecule has 0 unspecified atom stereocenters. The van der Waals surface area contributed by atoms with Gasteiger partial charge in [0, 0.05) is 6.20 Å². The van der Waals surface area contributed by atoms with Crippen LogP contribution < -0.4 is 0 Å². The number of hydrogen-bond donors (Lipinski definition) is 0. The van der Waals surface area contributed by atoms with Crippen molar-refractivity contribution in [3.05, 3.63) is 24.4 Å². The lowest BCUT2D eigenvalue weighted by molar-refractivity contribution is -0.113. The maximum Gasteiger partial charge on any atom is 0.178 e. The number of azo groups is 1. The summed E-state index contributed by atoms with van der Waals surface area (Å²) in [6.07, 6.45) is 6.35. The molecule has 0 saturated carbocycles. The minimum Gasteiger partial charge on any atom is -0.293 e. The van der Waals surface area contributed by atoms with Crippen molar-refractivity contribution in [1.82, 2.24) is 0 Å². The molecule has 3 nitrogen and oxygen atoms in total. The Morgan fingerprint density at radius 3 is 3.22 bits per heavy atom. The fourth-order valence-corrected chi connectivity index (χ4v) is 0.461. The molecule has 0 spiro atoms. The average molecular weight is 122 g/mol. The van der Waals surface area contributed by atoms with Crippen LogP contribution in [-0.2, 0) is 4.79 Å². The molecule has 46 valence electrons. The van der Waals surface area contributed by atoms with Crippen LogP contribution >= 0.6 is 0 Å². The van der Waals surface area contributed by atoms with Crippen molar-refractivity contribution in [1.29, 1.82) is 0 Å². The molecule has 1 rings (SSSR count). The molecular formula is C6H6N2O. The summed E-state index contributed by atoms with van der Waals surface area (Å²) < 4.78 is 0. The summed E-state index contributed by atoms with van der Waals surface area (Å²) in [5, 5.41) is 7.10. The summed E-state index contributed by atoms with van der Waals surface area (Å²) in [6.45, 7) is 0.167. The third-order valence-electron chi connectivity index (χ3n) is 0.854. The van der Waals surface area contributed by atoms with E-state index in [9.17, 15) is 4.79 Å². The third-order valence-corrected chi connectivity index (χ3v) is 0.854. The van der Waals surface area contributed by atoms with Gasteiger partial charge in [-0.3, -0.25) is 4.79 Å². The molecule has 0 atom stereocenters. The van der Waals surface area contributed by atoms with E-state index in [0.29, 0.717) is 0 Å². The quantitative estimate of drug-likeness (QED) is 0.474. The summed E-state index contributed by atoms with van der Waals surface area (Å²) in [5.74, 6) is -0.0110. The van der Waals surface area contributed by atoms with Gasteiger partial charge in [-0.25, -0.2) is 0 Å². The maximum absolute atomic E-state index is 10.6. The van der Waals surface area contributed by atoms with E-state index < -0.39 is 0 Å². The Balaban J connectivity index is 2.70. The second-order valence-electron chi connectivity index (χ2n) is 1.58. The van der Waals surface area contributed by atoms with Crippen LogP contribution in [0.5, 0.6) is 0 Å². The molecule has 0 radical (unpaired) electrons. The molecular weight excluding hydrogens is 116 g/mol. The van der Waals surface area contributed by atoms with Crippen LogP contribution in [0.25, 0.3) is 0 Å². The van der Waals surface area contributed by atoms with Crippen molar-refractivity contribution in [2.45, 2.75) is 0 Å². The van der Waals surface area contributed by atoms with E-state index in [-0.39, 0.29) is 12.3 Å². The average Bonchev–Trinajstić information content (AvgIpc) is 1.79. The first kappa shape index (κ1) is 5.88. The Labute approximate surface area is 52.8 Å². The molecule has 0 saturated heterocycles. The lowest BCUT2D eigenvalue weighted by Crippen LogP contribution is -1.96. The zero-order valence-corrected chi connectivity index (χ0v) is 4.82. The summed E-state index contributed by atoms with van der Waals surface area (Å²) in [7, 11) is 0. The molecule has 0 aromatic carbocycles. The number of nitrogens with zero attached hydrogens (tertiary/aromatic N) is 2. The molecule has 0 amide bonds. The van der Waals surface area contributed by atoms with Crippen LogP contribution in [0, 0.1) is 0 Å². The van der Waals surface area contributed by atoms with Crippen LogP contribution in [0.4, 0.5) is 0 Å². The van der Waals surface area contributed by atoms with Gasteiger partial charge in [0.1, 0.15) is 6.54 Å². The summed E-state index contributed by atoms with van der Waals surface area (Å²) in [6, 6.07) is 0. The summed E-state index contributed by atoms with van der Waals surface area (Å²) in [5.41, 5.74) is 0. The second-order valence-corrected chi connectivity index (χ2v) is 1.58. The molecule has 0 aromatic rings. The van der Waals surface area contributed by atoms with Gasteiger partial charge < -0.3 is 0 Å². The Morgan fingerprint density at radius 2 is 2.33 bits per heavy atom. The van der Waals surface area contributed by atoms with Crippen molar-refractivity contribution in [3.63, 3.8) is 0 Å². The van der Waals surface area contributed by atoms with Gasteiger partial charge in [-0.2, -0.15) is 10.2 Å². The molecule has 0 aliphatic carbocycles. The molecule has 1 aliphatic rings. The number of hydrogen-bond acceptors (Lipinski definition) is 3. The Hall–Kier alpha value is -1.25. The van der Waals surface area contributed by atoms with Crippen molar-refractivity contribution in [2.24, 2.45) is 10.2 Å². The first-order chi connectivity index (χ1) is 4.39. The van der Waals surface area contributed by atoms with Gasteiger partial charge in [-0.15, -0.1) is 0 Å². The topological polar surface area (TPSA) is 41.8 Å². The highest BCUT2D eigenvalue weighted by Gasteiger charge is 1.91. The van der Waals surface area contributed by atoms with Gasteiger partial charge in [0.05, 0.1) is 0 Å². The van der Waals surface area contributed by atoms with Gasteiger partial charge in [0.25, 0.3) is 0 Å². The standard InChI is InChI=1S/C6H6N2O/c9-6-3-1-2-4-7-8-5-6/h1-4H,5H2/b3-1-,4-2-,8-7?.